The van der Waals surface area contributed by atoms with Crippen molar-refractivity contribution in [3.63, 3.8) is 0 Å². The summed E-state index contributed by atoms with van der Waals surface area (Å²) < 4.78 is 0. The first-order valence-corrected chi connectivity index (χ1v) is 7.28. The molecule has 0 spiro atoms. The van der Waals surface area contributed by atoms with E-state index in [1.807, 2.05) is 31.1 Å². The molecule has 2 rings (SSSR count). The van der Waals surface area contributed by atoms with Crippen LogP contribution in [0.25, 0.3) is 0 Å². The van der Waals surface area contributed by atoms with E-state index >= 15 is 0 Å². The third kappa shape index (κ3) is 2.89. The van der Waals surface area contributed by atoms with Crippen molar-refractivity contribution in [3.8, 4) is 0 Å². The number of nitrogens with zero attached hydrogens (tertiary/aromatic N) is 1. The third-order valence-electron chi connectivity index (χ3n) is 4.53. The highest BCUT2D eigenvalue weighted by molar-refractivity contribution is 6.00. The van der Waals surface area contributed by atoms with E-state index in [1.165, 1.54) is 6.42 Å². The average Bonchev–Trinajstić information content (AvgIpc) is 2.70. The maximum absolute atomic E-state index is 12.5. The third-order valence-corrected chi connectivity index (χ3v) is 4.53. The number of rotatable bonds is 3. The fraction of sp³-hybridized carbons (Fsp3) is 0.562. The summed E-state index contributed by atoms with van der Waals surface area (Å²) in [6.45, 7) is 4.47. The summed E-state index contributed by atoms with van der Waals surface area (Å²) in [6, 6.07) is 5.75. The molecular formula is C16H25N3O. The summed E-state index contributed by atoms with van der Waals surface area (Å²) in [7, 11) is 3.87. The Hall–Kier alpha value is -1.71. The first-order chi connectivity index (χ1) is 9.40. The molecule has 1 amide bonds. The van der Waals surface area contributed by atoms with Gasteiger partial charge in [0.15, 0.2) is 0 Å². The lowest BCUT2D eigenvalue weighted by atomic mass is 9.97. The summed E-state index contributed by atoms with van der Waals surface area (Å²) in [6.07, 6.45) is 2.25. The Morgan fingerprint density at radius 1 is 1.30 bits per heavy atom. The topological polar surface area (TPSA) is 58.4 Å². The van der Waals surface area contributed by atoms with Crippen molar-refractivity contribution in [1.82, 2.24) is 5.32 Å². The summed E-state index contributed by atoms with van der Waals surface area (Å²) >= 11 is 0. The highest BCUT2D eigenvalue weighted by Crippen LogP contribution is 2.31. The quantitative estimate of drug-likeness (QED) is 0.833. The largest absolute Gasteiger partial charge is 0.399 e. The molecule has 0 saturated heterocycles. The molecule has 0 bridgehead atoms. The summed E-state index contributed by atoms with van der Waals surface area (Å²) in [4.78, 5) is 14.5. The minimum absolute atomic E-state index is 0.0213. The molecule has 4 nitrogen and oxygen atoms in total. The monoisotopic (exact) mass is 275 g/mol. The highest BCUT2D eigenvalue weighted by atomic mass is 16.1. The molecule has 1 saturated carbocycles. The van der Waals surface area contributed by atoms with Crippen LogP contribution in [-0.2, 0) is 0 Å². The van der Waals surface area contributed by atoms with Gasteiger partial charge >= 0.3 is 0 Å². The zero-order valence-corrected chi connectivity index (χ0v) is 12.8. The molecular weight excluding hydrogens is 250 g/mol. The molecule has 3 N–H and O–H groups in total. The number of nitrogens with one attached hydrogen (secondary N) is 1. The molecule has 1 fully saturated rings. The number of hydrogen-bond donors (Lipinski definition) is 2. The van der Waals surface area contributed by atoms with Gasteiger partial charge < -0.3 is 16.0 Å². The molecule has 0 aromatic heterocycles. The lowest BCUT2D eigenvalue weighted by Crippen LogP contribution is -2.38. The van der Waals surface area contributed by atoms with Crippen LogP contribution in [0, 0.1) is 11.8 Å². The second-order valence-electron chi connectivity index (χ2n) is 6.16. The normalized spacial score (nSPS) is 25.5. The van der Waals surface area contributed by atoms with E-state index in [4.69, 9.17) is 5.73 Å². The number of anilines is 2. The second-order valence-corrected chi connectivity index (χ2v) is 6.16. The Balaban J connectivity index is 2.19. The van der Waals surface area contributed by atoms with Crippen LogP contribution >= 0.6 is 0 Å². The van der Waals surface area contributed by atoms with Crippen LogP contribution in [0.15, 0.2) is 18.2 Å². The predicted octanol–water partition coefficient (Wildman–Crippen LogP) is 2.50. The minimum Gasteiger partial charge on any atom is -0.399 e. The molecule has 0 heterocycles. The molecule has 0 aliphatic heterocycles. The van der Waals surface area contributed by atoms with Crippen molar-refractivity contribution in [3.05, 3.63) is 23.8 Å². The van der Waals surface area contributed by atoms with Crippen molar-refractivity contribution in [1.29, 1.82) is 0 Å². The van der Waals surface area contributed by atoms with E-state index in [-0.39, 0.29) is 11.9 Å². The Morgan fingerprint density at radius 3 is 2.55 bits per heavy atom. The Morgan fingerprint density at radius 2 is 2.00 bits per heavy atom. The van der Waals surface area contributed by atoms with Crippen LogP contribution in [0.1, 0.15) is 37.0 Å². The maximum atomic E-state index is 12.5. The van der Waals surface area contributed by atoms with Gasteiger partial charge in [0.2, 0.25) is 0 Å². The lowest BCUT2D eigenvalue weighted by Gasteiger charge is -2.22. The van der Waals surface area contributed by atoms with Crippen molar-refractivity contribution in [2.24, 2.45) is 11.8 Å². The first-order valence-electron chi connectivity index (χ1n) is 7.28. The molecule has 4 heteroatoms. The minimum atomic E-state index is -0.0213. The van der Waals surface area contributed by atoms with Crippen molar-refractivity contribution >= 4 is 17.3 Å². The van der Waals surface area contributed by atoms with E-state index in [0.29, 0.717) is 23.1 Å². The molecule has 1 aliphatic carbocycles. The van der Waals surface area contributed by atoms with Crippen LogP contribution < -0.4 is 16.0 Å². The second kappa shape index (κ2) is 5.73. The molecule has 1 aliphatic rings. The molecule has 0 radical (unpaired) electrons. The number of carbonyl (C=O) groups excluding carboxylic acids is 1. The summed E-state index contributed by atoms with van der Waals surface area (Å²) in [5.74, 6) is 1.18. The number of nitrogens with two attached hydrogens (primary N) is 1. The van der Waals surface area contributed by atoms with Gasteiger partial charge in [0.1, 0.15) is 0 Å². The van der Waals surface area contributed by atoms with E-state index < -0.39 is 0 Å². The van der Waals surface area contributed by atoms with Gasteiger partial charge in [0, 0.05) is 31.5 Å². The van der Waals surface area contributed by atoms with Gasteiger partial charge in [-0.05, 0) is 42.9 Å². The molecule has 3 unspecified atom stereocenters. The summed E-state index contributed by atoms with van der Waals surface area (Å²) in [5, 5.41) is 3.18. The zero-order valence-electron chi connectivity index (χ0n) is 12.8. The summed E-state index contributed by atoms with van der Waals surface area (Å²) in [5.41, 5.74) is 8.00. The number of nitrogen functional groups attached to an aromatic ring is 1. The van der Waals surface area contributed by atoms with Gasteiger partial charge in [-0.15, -0.1) is 0 Å². The Kier molecular flexibility index (Phi) is 4.21. The molecule has 1 aromatic carbocycles. The van der Waals surface area contributed by atoms with Crippen LogP contribution in [-0.4, -0.2) is 26.0 Å². The predicted molar refractivity (Wildman–Crippen MR) is 84.0 cm³/mol. The molecule has 3 atom stereocenters. The van der Waals surface area contributed by atoms with Crippen LogP contribution in [0.5, 0.6) is 0 Å². The number of benzene rings is 1. The fourth-order valence-electron chi connectivity index (χ4n) is 2.94. The highest BCUT2D eigenvalue weighted by Gasteiger charge is 2.31. The lowest BCUT2D eigenvalue weighted by molar-refractivity contribution is 0.0928. The van der Waals surface area contributed by atoms with Gasteiger partial charge in [-0.1, -0.05) is 13.8 Å². The molecule has 20 heavy (non-hydrogen) atoms. The zero-order chi connectivity index (χ0) is 14.9. The smallest absolute Gasteiger partial charge is 0.253 e. The van der Waals surface area contributed by atoms with Crippen LogP contribution in [0.4, 0.5) is 11.4 Å². The Labute approximate surface area is 121 Å². The van der Waals surface area contributed by atoms with Crippen molar-refractivity contribution in [2.45, 2.75) is 32.7 Å². The van der Waals surface area contributed by atoms with Crippen molar-refractivity contribution < 1.29 is 4.79 Å². The van der Waals surface area contributed by atoms with Crippen molar-refractivity contribution in [2.75, 3.05) is 24.7 Å². The van der Waals surface area contributed by atoms with E-state index in [1.54, 1.807) is 6.07 Å². The standard InChI is InChI=1S/C16H25N3O/c1-10-5-7-14(11(10)2)18-16(20)13-9-12(17)6-8-15(13)19(3)4/h6,8-11,14H,5,7,17H2,1-4H3,(H,18,20). The number of hydrogen-bond acceptors (Lipinski definition) is 3. The SMILES string of the molecule is CC1CCC(NC(=O)c2cc(N)ccc2N(C)C)C1C. The average molecular weight is 275 g/mol. The van der Waals surface area contributed by atoms with E-state index in [0.717, 1.165) is 12.1 Å². The van der Waals surface area contributed by atoms with Gasteiger partial charge in [0.05, 0.1) is 5.56 Å². The number of carbonyl (C=O) groups is 1. The maximum Gasteiger partial charge on any atom is 0.253 e. The van der Waals surface area contributed by atoms with Crippen LogP contribution in [0.3, 0.4) is 0 Å². The first kappa shape index (κ1) is 14.7. The van der Waals surface area contributed by atoms with Gasteiger partial charge in [-0.3, -0.25) is 4.79 Å². The fourth-order valence-corrected chi connectivity index (χ4v) is 2.94. The number of amides is 1. The Bertz CT molecular complexity index is 498. The molecule has 110 valence electrons. The van der Waals surface area contributed by atoms with Gasteiger partial charge in [-0.25, -0.2) is 0 Å². The molecule has 1 aromatic rings. The van der Waals surface area contributed by atoms with Gasteiger partial charge in [-0.2, -0.15) is 0 Å². The van der Waals surface area contributed by atoms with Gasteiger partial charge in [0.25, 0.3) is 5.91 Å². The van der Waals surface area contributed by atoms with Crippen LogP contribution in [0.2, 0.25) is 0 Å². The van der Waals surface area contributed by atoms with E-state index in [2.05, 4.69) is 19.2 Å². The van der Waals surface area contributed by atoms with E-state index in [9.17, 15) is 4.79 Å².